The monoisotopic (exact) mass is 374 g/mol. The molecule has 1 heterocycles. The van der Waals surface area contributed by atoms with E-state index in [1.807, 2.05) is 12.1 Å². The van der Waals surface area contributed by atoms with Crippen molar-refractivity contribution in [3.63, 3.8) is 0 Å². The van der Waals surface area contributed by atoms with E-state index in [-0.39, 0.29) is 12.1 Å². The van der Waals surface area contributed by atoms with Crippen molar-refractivity contribution in [2.24, 2.45) is 0 Å². The molecule has 1 unspecified atom stereocenters. The van der Waals surface area contributed by atoms with Gasteiger partial charge in [0.2, 0.25) is 0 Å². The van der Waals surface area contributed by atoms with Crippen LogP contribution >= 0.6 is 0 Å². The lowest BCUT2D eigenvalue weighted by atomic mass is 10.0. The number of carbonyl (C=O) groups is 1. The number of ether oxygens (including phenoxy) is 3. The molecule has 1 aliphatic heterocycles. The predicted octanol–water partition coefficient (Wildman–Crippen LogP) is 5.63. The van der Waals surface area contributed by atoms with E-state index in [0.717, 1.165) is 37.2 Å². The minimum absolute atomic E-state index is 0.0820. The second-order valence-electron chi connectivity index (χ2n) is 7.35. The molecule has 1 saturated heterocycles. The summed E-state index contributed by atoms with van der Waals surface area (Å²) in [6, 6.07) is 6.09. The average Bonchev–Trinajstić information content (AvgIpc) is 3.00. The maximum absolute atomic E-state index is 11.3. The summed E-state index contributed by atoms with van der Waals surface area (Å²) >= 11 is 0. The lowest BCUT2D eigenvalue weighted by Gasteiger charge is -2.12. The Bertz CT molecular complexity index is 592. The van der Waals surface area contributed by atoms with Gasteiger partial charge in [-0.05, 0) is 37.3 Å². The summed E-state index contributed by atoms with van der Waals surface area (Å²) < 4.78 is 16.1. The first-order valence-electron chi connectivity index (χ1n) is 10.2. The van der Waals surface area contributed by atoms with Gasteiger partial charge < -0.3 is 14.2 Å². The van der Waals surface area contributed by atoms with Gasteiger partial charge in [0.25, 0.3) is 0 Å². The zero-order valence-electron chi connectivity index (χ0n) is 16.9. The minimum atomic E-state index is -0.202. The number of para-hydroxylation sites is 1. The zero-order chi connectivity index (χ0) is 19.5. The molecule has 0 spiro atoms. The maximum atomic E-state index is 11.3. The van der Waals surface area contributed by atoms with E-state index < -0.39 is 0 Å². The molecule has 150 valence electrons. The molecule has 1 aromatic carbocycles. The molecule has 4 nitrogen and oxygen atoms in total. The first-order chi connectivity index (χ1) is 13.2. The van der Waals surface area contributed by atoms with Crippen molar-refractivity contribution in [2.45, 2.75) is 76.7 Å². The van der Waals surface area contributed by atoms with E-state index in [9.17, 15) is 4.79 Å². The summed E-state index contributed by atoms with van der Waals surface area (Å²) in [7, 11) is 3.38. The number of methoxy groups -OCH3 is 2. The molecule has 1 aromatic rings. The molecule has 4 heteroatoms. The highest BCUT2D eigenvalue weighted by Crippen LogP contribution is 2.31. The van der Waals surface area contributed by atoms with Gasteiger partial charge in [-0.15, -0.1) is 0 Å². The molecule has 0 N–H and O–H groups in total. The number of carbonyl (C=O) groups excluding carboxylic acids is 1. The highest BCUT2D eigenvalue weighted by atomic mass is 16.5. The fourth-order valence-corrected chi connectivity index (χ4v) is 3.69. The lowest BCUT2D eigenvalue weighted by molar-refractivity contribution is -0.139. The largest absolute Gasteiger partial charge is 0.493 e. The van der Waals surface area contributed by atoms with E-state index in [4.69, 9.17) is 14.2 Å². The smallest absolute Gasteiger partial charge is 0.333 e. The highest BCUT2D eigenvalue weighted by molar-refractivity contribution is 5.89. The molecule has 1 fully saturated rings. The summed E-state index contributed by atoms with van der Waals surface area (Å²) in [5.41, 5.74) is 1.86. The Morgan fingerprint density at radius 3 is 2.26 bits per heavy atom. The minimum Gasteiger partial charge on any atom is -0.493 e. The number of unbranched alkanes of at least 4 members (excludes halogenated alkanes) is 7. The number of hydrogen-bond donors (Lipinski definition) is 0. The molecule has 0 aliphatic carbocycles. The number of benzene rings is 1. The molecular formula is C23H34O4. The lowest BCUT2D eigenvalue weighted by Crippen LogP contribution is -2.06. The SMILES string of the molecule is C=C1CC(CCCCCCCCCCc2cccc(OC)c2OC)OC1=O. The number of rotatable bonds is 13. The van der Waals surface area contributed by atoms with Crippen molar-refractivity contribution in [3.05, 3.63) is 35.9 Å². The Morgan fingerprint density at radius 2 is 1.67 bits per heavy atom. The van der Waals surface area contributed by atoms with Gasteiger partial charge in [-0.2, -0.15) is 0 Å². The molecule has 0 radical (unpaired) electrons. The van der Waals surface area contributed by atoms with Gasteiger partial charge in [0.05, 0.1) is 14.2 Å². The second kappa shape index (κ2) is 11.7. The second-order valence-corrected chi connectivity index (χ2v) is 7.35. The summed E-state index contributed by atoms with van der Waals surface area (Å²) in [5, 5.41) is 0. The third-order valence-corrected chi connectivity index (χ3v) is 5.24. The normalized spacial score (nSPS) is 16.4. The fraction of sp³-hybridized carbons (Fsp3) is 0.609. The highest BCUT2D eigenvalue weighted by Gasteiger charge is 2.26. The Labute approximate surface area is 163 Å². The van der Waals surface area contributed by atoms with Crippen molar-refractivity contribution in [3.8, 4) is 11.5 Å². The molecule has 0 amide bonds. The quantitative estimate of drug-likeness (QED) is 0.255. The summed E-state index contributed by atoms with van der Waals surface area (Å²) in [4.78, 5) is 11.3. The van der Waals surface area contributed by atoms with Crippen molar-refractivity contribution < 1.29 is 19.0 Å². The third kappa shape index (κ3) is 6.93. The van der Waals surface area contributed by atoms with Gasteiger partial charge in [-0.25, -0.2) is 4.79 Å². The molecule has 0 aromatic heterocycles. The van der Waals surface area contributed by atoms with Crippen LogP contribution in [-0.2, 0) is 16.0 Å². The maximum Gasteiger partial charge on any atom is 0.333 e. The van der Waals surface area contributed by atoms with Gasteiger partial charge in [0.1, 0.15) is 6.10 Å². The van der Waals surface area contributed by atoms with Crippen LogP contribution in [0.4, 0.5) is 0 Å². The van der Waals surface area contributed by atoms with Crippen LogP contribution in [0.1, 0.15) is 69.8 Å². The van der Waals surface area contributed by atoms with E-state index in [1.54, 1.807) is 14.2 Å². The van der Waals surface area contributed by atoms with Crippen LogP contribution in [0.5, 0.6) is 11.5 Å². The topological polar surface area (TPSA) is 44.8 Å². The van der Waals surface area contributed by atoms with Crippen molar-refractivity contribution in [2.75, 3.05) is 14.2 Å². The van der Waals surface area contributed by atoms with Crippen LogP contribution in [0.25, 0.3) is 0 Å². The number of esters is 1. The third-order valence-electron chi connectivity index (χ3n) is 5.24. The van der Waals surface area contributed by atoms with Gasteiger partial charge in [0.15, 0.2) is 11.5 Å². The van der Waals surface area contributed by atoms with E-state index in [0.29, 0.717) is 5.57 Å². The molecule has 1 aliphatic rings. The van der Waals surface area contributed by atoms with Crippen molar-refractivity contribution in [1.82, 2.24) is 0 Å². The van der Waals surface area contributed by atoms with Crippen molar-refractivity contribution in [1.29, 1.82) is 0 Å². The summed E-state index contributed by atoms with van der Waals surface area (Å²) in [6.45, 7) is 3.73. The van der Waals surface area contributed by atoms with Gasteiger partial charge in [-0.1, -0.05) is 57.2 Å². The molecule has 27 heavy (non-hydrogen) atoms. The zero-order valence-corrected chi connectivity index (χ0v) is 16.9. The number of aryl methyl sites for hydroxylation is 1. The number of hydrogen-bond acceptors (Lipinski definition) is 4. The Morgan fingerprint density at radius 1 is 1.00 bits per heavy atom. The molecular weight excluding hydrogens is 340 g/mol. The molecule has 0 saturated carbocycles. The Balaban J connectivity index is 1.47. The van der Waals surface area contributed by atoms with E-state index in [1.165, 1.54) is 50.5 Å². The fourth-order valence-electron chi connectivity index (χ4n) is 3.69. The Kier molecular flexibility index (Phi) is 9.23. The van der Waals surface area contributed by atoms with Gasteiger partial charge >= 0.3 is 5.97 Å². The Hall–Kier alpha value is -1.97. The first kappa shape index (κ1) is 21.3. The molecule has 2 rings (SSSR count). The van der Waals surface area contributed by atoms with Crippen LogP contribution in [0, 0.1) is 0 Å². The number of cyclic esters (lactones) is 1. The standard InChI is InChI=1S/C23H34O4/c1-18-17-20(27-23(18)24)15-11-9-7-5-4-6-8-10-13-19-14-12-16-21(25-2)22(19)26-3/h12,14,16,20H,1,4-11,13,15,17H2,2-3H3. The summed E-state index contributed by atoms with van der Waals surface area (Å²) in [5.74, 6) is 1.48. The van der Waals surface area contributed by atoms with E-state index >= 15 is 0 Å². The van der Waals surface area contributed by atoms with E-state index in [2.05, 4.69) is 12.6 Å². The first-order valence-corrected chi connectivity index (χ1v) is 10.2. The van der Waals surface area contributed by atoms with Gasteiger partial charge in [0, 0.05) is 12.0 Å². The van der Waals surface area contributed by atoms with Crippen LogP contribution in [0.2, 0.25) is 0 Å². The molecule has 0 bridgehead atoms. The van der Waals surface area contributed by atoms with Crippen molar-refractivity contribution >= 4 is 5.97 Å². The van der Waals surface area contributed by atoms with Crippen LogP contribution in [0.15, 0.2) is 30.4 Å². The van der Waals surface area contributed by atoms with Crippen LogP contribution in [0.3, 0.4) is 0 Å². The molecule has 1 atom stereocenters. The van der Waals surface area contributed by atoms with Gasteiger partial charge in [-0.3, -0.25) is 0 Å². The summed E-state index contributed by atoms with van der Waals surface area (Å²) in [6.07, 6.45) is 12.7. The predicted molar refractivity (Wildman–Crippen MR) is 108 cm³/mol. The average molecular weight is 375 g/mol. The van der Waals surface area contributed by atoms with Crippen LogP contribution < -0.4 is 9.47 Å². The van der Waals surface area contributed by atoms with Crippen LogP contribution in [-0.4, -0.2) is 26.3 Å².